The van der Waals surface area contributed by atoms with Crippen molar-refractivity contribution in [1.29, 1.82) is 0 Å². The number of benzene rings is 2. The van der Waals surface area contributed by atoms with Crippen molar-refractivity contribution in [3.63, 3.8) is 0 Å². The van der Waals surface area contributed by atoms with Crippen LogP contribution in [0.1, 0.15) is 28.3 Å². The molecule has 1 amide bonds. The number of hydrogen-bond acceptors (Lipinski definition) is 2. The molecule has 1 N–H and O–H groups in total. The van der Waals surface area contributed by atoms with Crippen LogP contribution in [0.2, 0.25) is 0 Å². The zero-order valence-electron chi connectivity index (χ0n) is 11.5. The zero-order valence-corrected chi connectivity index (χ0v) is 13.1. The number of likely N-dealkylation sites (tertiary alicyclic amines) is 1. The lowest BCUT2D eigenvalue weighted by Gasteiger charge is -2.17. The summed E-state index contributed by atoms with van der Waals surface area (Å²) in [5.41, 5.74) is 1.91. The first-order chi connectivity index (χ1) is 10.1. The van der Waals surface area contributed by atoms with Gasteiger partial charge in [0.25, 0.3) is 5.91 Å². The number of nitrogens with zero attached hydrogens (tertiary/aromatic N) is 1. The Bertz CT molecular complexity index is 637. The van der Waals surface area contributed by atoms with Crippen LogP contribution in [0.3, 0.4) is 0 Å². The Morgan fingerprint density at radius 1 is 1.10 bits per heavy atom. The SMILES string of the molecule is O=C(c1ccc(O)cc1)N1CCC(c2ccc(Br)cc2)C1. The molecule has 2 aromatic rings. The van der Waals surface area contributed by atoms with Gasteiger partial charge in [-0.15, -0.1) is 0 Å². The summed E-state index contributed by atoms with van der Waals surface area (Å²) >= 11 is 3.44. The highest BCUT2D eigenvalue weighted by Gasteiger charge is 2.27. The van der Waals surface area contributed by atoms with Crippen LogP contribution in [0.15, 0.2) is 53.0 Å². The fourth-order valence-corrected chi connectivity index (χ4v) is 3.00. The third kappa shape index (κ3) is 3.10. The van der Waals surface area contributed by atoms with Gasteiger partial charge in [0, 0.05) is 29.0 Å². The topological polar surface area (TPSA) is 40.5 Å². The molecule has 3 rings (SSSR count). The summed E-state index contributed by atoms with van der Waals surface area (Å²) in [4.78, 5) is 14.3. The molecular weight excluding hydrogens is 330 g/mol. The average Bonchev–Trinajstić information content (AvgIpc) is 2.98. The number of carbonyl (C=O) groups excluding carboxylic acids is 1. The number of aromatic hydroxyl groups is 1. The summed E-state index contributed by atoms with van der Waals surface area (Å²) in [6.45, 7) is 1.53. The second-order valence-corrected chi connectivity index (χ2v) is 6.25. The highest BCUT2D eigenvalue weighted by molar-refractivity contribution is 9.10. The fourth-order valence-electron chi connectivity index (χ4n) is 2.74. The van der Waals surface area contributed by atoms with Crippen molar-refractivity contribution in [3.05, 3.63) is 64.1 Å². The van der Waals surface area contributed by atoms with E-state index in [2.05, 4.69) is 28.1 Å². The monoisotopic (exact) mass is 345 g/mol. The molecule has 0 radical (unpaired) electrons. The minimum atomic E-state index is 0.0367. The summed E-state index contributed by atoms with van der Waals surface area (Å²) in [5.74, 6) is 0.620. The minimum absolute atomic E-state index is 0.0367. The Kier molecular flexibility index (Phi) is 3.97. The van der Waals surface area contributed by atoms with Gasteiger partial charge in [0.1, 0.15) is 5.75 Å². The summed E-state index contributed by atoms with van der Waals surface area (Å²) in [6.07, 6.45) is 0.992. The molecule has 108 valence electrons. The van der Waals surface area contributed by atoms with Crippen LogP contribution >= 0.6 is 15.9 Å². The Morgan fingerprint density at radius 3 is 2.43 bits per heavy atom. The summed E-state index contributed by atoms with van der Waals surface area (Å²) in [6, 6.07) is 14.8. The number of hydrogen-bond donors (Lipinski definition) is 1. The molecule has 3 nitrogen and oxygen atoms in total. The normalized spacial score (nSPS) is 18.0. The van der Waals surface area contributed by atoms with Crippen molar-refractivity contribution in [1.82, 2.24) is 4.90 Å². The number of phenols is 1. The second kappa shape index (κ2) is 5.90. The van der Waals surface area contributed by atoms with Gasteiger partial charge in [-0.05, 0) is 48.4 Å². The largest absolute Gasteiger partial charge is 0.508 e. The second-order valence-electron chi connectivity index (χ2n) is 5.34. The minimum Gasteiger partial charge on any atom is -0.508 e. The van der Waals surface area contributed by atoms with E-state index in [0.29, 0.717) is 11.5 Å². The third-order valence-electron chi connectivity index (χ3n) is 3.93. The van der Waals surface area contributed by atoms with E-state index in [-0.39, 0.29) is 11.7 Å². The third-order valence-corrected chi connectivity index (χ3v) is 4.46. The molecule has 1 fully saturated rings. The number of halogens is 1. The molecule has 0 aromatic heterocycles. The standard InChI is InChI=1S/C17H16BrNO2/c18-15-5-1-12(2-6-15)14-9-10-19(11-14)17(21)13-3-7-16(20)8-4-13/h1-8,14,20H,9-11H2. The van der Waals surface area contributed by atoms with Crippen molar-refractivity contribution in [2.45, 2.75) is 12.3 Å². The van der Waals surface area contributed by atoms with E-state index in [1.807, 2.05) is 17.0 Å². The molecule has 4 heteroatoms. The molecule has 1 unspecified atom stereocenters. The number of phenolic OH excluding ortho intramolecular Hbond substituents is 1. The molecular formula is C17H16BrNO2. The summed E-state index contributed by atoms with van der Waals surface area (Å²) in [7, 11) is 0. The Labute approximate surface area is 132 Å². The van der Waals surface area contributed by atoms with E-state index >= 15 is 0 Å². The number of rotatable bonds is 2. The average molecular weight is 346 g/mol. The molecule has 21 heavy (non-hydrogen) atoms. The van der Waals surface area contributed by atoms with Gasteiger partial charge >= 0.3 is 0 Å². The van der Waals surface area contributed by atoms with E-state index < -0.39 is 0 Å². The molecule has 1 saturated heterocycles. The maximum Gasteiger partial charge on any atom is 0.253 e. The lowest BCUT2D eigenvalue weighted by molar-refractivity contribution is 0.0791. The van der Waals surface area contributed by atoms with Crippen molar-refractivity contribution in [3.8, 4) is 5.75 Å². The van der Waals surface area contributed by atoms with E-state index in [1.54, 1.807) is 24.3 Å². The molecule has 1 aliphatic rings. The molecule has 0 saturated carbocycles. The smallest absolute Gasteiger partial charge is 0.253 e. The van der Waals surface area contributed by atoms with Gasteiger partial charge in [0.2, 0.25) is 0 Å². The number of carbonyl (C=O) groups is 1. The van der Waals surface area contributed by atoms with Crippen LogP contribution in [0.25, 0.3) is 0 Å². The quantitative estimate of drug-likeness (QED) is 0.899. The van der Waals surface area contributed by atoms with E-state index in [4.69, 9.17) is 0 Å². The van der Waals surface area contributed by atoms with Gasteiger partial charge in [0.15, 0.2) is 0 Å². The van der Waals surface area contributed by atoms with Gasteiger partial charge in [-0.2, -0.15) is 0 Å². The van der Waals surface area contributed by atoms with E-state index in [9.17, 15) is 9.90 Å². The first kappa shape index (κ1) is 14.1. The van der Waals surface area contributed by atoms with Crippen LogP contribution < -0.4 is 0 Å². The highest BCUT2D eigenvalue weighted by Crippen LogP contribution is 2.29. The van der Waals surface area contributed by atoms with Gasteiger partial charge in [-0.25, -0.2) is 0 Å². The lowest BCUT2D eigenvalue weighted by atomic mass is 9.99. The van der Waals surface area contributed by atoms with Crippen molar-refractivity contribution in [2.24, 2.45) is 0 Å². The van der Waals surface area contributed by atoms with Crippen LogP contribution in [0, 0.1) is 0 Å². The fraction of sp³-hybridized carbons (Fsp3) is 0.235. The van der Waals surface area contributed by atoms with Crippen LogP contribution in [0.4, 0.5) is 0 Å². The Morgan fingerprint density at radius 2 is 1.76 bits per heavy atom. The molecule has 0 spiro atoms. The van der Waals surface area contributed by atoms with Crippen LogP contribution in [0.5, 0.6) is 5.75 Å². The van der Waals surface area contributed by atoms with Gasteiger partial charge in [0.05, 0.1) is 0 Å². The molecule has 1 heterocycles. The molecule has 1 atom stereocenters. The van der Waals surface area contributed by atoms with Crippen LogP contribution in [-0.2, 0) is 0 Å². The van der Waals surface area contributed by atoms with Crippen molar-refractivity contribution >= 4 is 21.8 Å². The molecule has 0 aliphatic carbocycles. The first-order valence-corrected chi connectivity index (χ1v) is 7.76. The molecule has 0 bridgehead atoms. The predicted octanol–water partition coefficient (Wildman–Crippen LogP) is 3.78. The first-order valence-electron chi connectivity index (χ1n) is 6.97. The van der Waals surface area contributed by atoms with Gasteiger partial charge < -0.3 is 10.0 Å². The Balaban J connectivity index is 1.70. The molecule has 1 aliphatic heterocycles. The highest BCUT2D eigenvalue weighted by atomic mass is 79.9. The maximum atomic E-state index is 12.4. The number of amides is 1. The molecule has 2 aromatic carbocycles. The van der Waals surface area contributed by atoms with Crippen molar-refractivity contribution < 1.29 is 9.90 Å². The van der Waals surface area contributed by atoms with Gasteiger partial charge in [-0.3, -0.25) is 4.79 Å². The predicted molar refractivity (Wildman–Crippen MR) is 85.5 cm³/mol. The van der Waals surface area contributed by atoms with Gasteiger partial charge in [-0.1, -0.05) is 28.1 Å². The summed E-state index contributed by atoms with van der Waals surface area (Å²) in [5, 5.41) is 9.29. The lowest BCUT2D eigenvalue weighted by Crippen LogP contribution is -2.28. The zero-order chi connectivity index (χ0) is 14.8. The van der Waals surface area contributed by atoms with E-state index in [1.165, 1.54) is 5.56 Å². The van der Waals surface area contributed by atoms with Crippen molar-refractivity contribution in [2.75, 3.05) is 13.1 Å². The summed E-state index contributed by atoms with van der Waals surface area (Å²) < 4.78 is 1.07. The Hall–Kier alpha value is -1.81. The van der Waals surface area contributed by atoms with E-state index in [0.717, 1.165) is 24.0 Å². The van der Waals surface area contributed by atoms with Crippen LogP contribution in [-0.4, -0.2) is 29.0 Å². The maximum absolute atomic E-state index is 12.4.